The van der Waals surface area contributed by atoms with Gasteiger partial charge in [0.25, 0.3) is 5.91 Å². The van der Waals surface area contributed by atoms with Crippen molar-refractivity contribution in [2.75, 3.05) is 16.6 Å². The number of anilines is 1. The number of benzene rings is 1. The first-order valence-electron chi connectivity index (χ1n) is 7.33. The highest BCUT2D eigenvalue weighted by Crippen LogP contribution is 2.31. The lowest BCUT2D eigenvalue weighted by atomic mass is 10.1. The van der Waals surface area contributed by atoms with Gasteiger partial charge in [-0.3, -0.25) is 9.10 Å². The van der Waals surface area contributed by atoms with Gasteiger partial charge < -0.3 is 5.32 Å². The van der Waals surface area contributed by atoms with E-state index in [1.165, 1.54) is 4.31 Å². The standard InChI is InChI=1S/C15H22N2O3S/c1-4-11(3)16-15(18)13-6-7-14-12(10-13)8-9-17(14)21(19,20)5-2/h6-7,10-11H,4-5,8-9H2,1-3H3,(H,16,18)/t11-/m0/s1. The van der Waals surface area contributed by atoms with E-state index >= 15 is 0 Å². The molecule has 1 aromatic carbocycles. The van der Waals surface area contributed by atoms with Gasteiger partial charge in [0.15, 0.2) is 0 Å². The van der Waals surface area contributed by atoms with Crippen molar-refractivity contribution in [2.45, 2.75) is 39.7 Å². The second kappa shape index (κ2) is 6.05. The molecule has 0 fully saturated rings. The van der Waals surface area contributed by atoms with Gasteiger partial charge in [0, 0.05) is 18.2 Å². The molecule has 0 aliphatic carbocycles. The van der Waals surface area contributed by atoms with Crippen molar-refractivity contribution >= 4 is 21.6 Å². The van der Waals surface area contributed by atoms with Crippen molar-refractivity contribution in [1.82, 2.24) is 5.32 Å². The van der Waals surface area contributed by atoms with E-state index in [4.69, 9.17) is 0 Å². The molecule has 1 N–H and O–H groups in total. The minimum atomic E-state index is -3.23. The molecule has 1 heterocycles. The SMILES string of the molecule is CC[C@H](C)NC(=O)c1ccc2c(c1)CCN2S(=O)(=O)CC. The molecule has 1 aliphatic heterocycles. The molecule has 0 saturated carbocycles. The smallest absolute Gasteiger partial charge is 0.251 e. The highest BCUT2D eigenvalue weighted by atomic mass is 32.2. The van der Waals surface area contributed by atoms with Crippen LogP contribution in [0, 0.1) is 0 Å². The van der Waals surface area contributed by atoms with Crippen LogP contribution in [-0.2, 0) is 16.4 Å². The van der Waals surface area contributed by atoms with E-state index < -0.39 is 10.0 Å². The van der Waals surface area contributed by atoms with E-state index in [-0.39, 0.29) is 17.7 Å². The van der Waals surface area contributed by atoms with E-state index in [1.807, 2.05) is 13.8 Å². The van der Waals surface area contributed by atoms with Crippen LogP contribution in [0.2, 0.25) is 0 Å². The lowest BCUT2D eigenvalue weighted by Gasteiger charge is -2.18. The predicted molar refractivity (Wildman–Crippen MR) is 84.2 cm³/mol. The molecule has 0 bridgehead atoms. The molecule has 6 heteroatoms. The summed E-state index contributed by atoms with van der Waals surface area (Å²) in [7, 11) is -3.23. The Labute approximate surface area is 126 Å². The summed E-state index contributed by atoms with van der Waals surface area (Å²) in [5, 5.41) is 2.92. The predicted octanol–water partition coefficient (Wildman–Crippen LogP) is 1.93. The van der Waals surface area contributed by atoms with Crippen molar-refractivity contribution in [3.8, 4) is 0 Å². The van der Waals surface area contributed by atoms with Gasteiger partial charge in [-0.1, -0.05) is 6.92 Å². The van der Waals surface area contributed by atoms with Crippen molar-refractivity contribution in [3.63, 3.8) is 0 Å². The Morgan fingerprint density at radius 2 is 2.10 bits per heavy atom. The maximum absolute atomic E-state index is 12.1. The van der Waals surface area contributed by atoms with Crippen LogP contribution in [-0.4, -0.2) is 32.7 Å². The number of nitrogens with zero attached hydrogens (tertiary/aromatic N) is 1. The molecule has 0 radical (unpaired) electrons. The van der Waals surface area contributed by atoms with E-state index in [0.717, 1.165) is 12.0 Å². The molecule has 0 saturated heterocycles. The molecule has 0 spiro atoms. The van der Waals surface area contributed by atoms with Gasteiger partial charge in [-0.2, -0.15) is 0 Å². The van der Waals surface area contributed by atoms with Crippen molar-refractivity contribution < 1.29 is 13.2 Å². The monoisotopic (exact) mass is 310 g/mol. The minimum Gasteiger partial charge on any atom is -0.350 e. The largest absolute Gasteiger partial charge is 0.350 e. The van der Waals surface area contributed by atoms with E-state index in [1.54, 1.807) is 25.1 Å². The Kier molecular flexibility index (Phi) is 4.56. The summed E-state index contributed by atoms with van der Waals surface area (Å²) in [5.74, 6) is -0.0215. The number of carbonyl (C=O) groups excluding carboxylic acids is 1. The first kappa shape index (κ1) is 15.8. The van der Waals surface area contributed by atoms with Gasteiger partial charge in [-0.15, -0.1) is 0 Å². The number of amides is 1. The molecule has 1 aliphatic rings. The average molecular weight is 310 g/mol. The fourth-order valence-electron chi connectivity index (χ4n) is 2.37. The Hall–Kier alpha value is -1.56. The summed E-state index contributed by atoms with van der Waals surface area (Å²) in [4.78, 5) is 12.1. The number of hydrogen-bond acceptors (Lipinski definition) is 3. The second-order valence-electron chi connectivity index (χ2n) is 5.35. The van der Waals surface area contributed by atoms with Crippen LogP contribution in [0.4, 0.5) is 5.69 Å². The maximum Gasteiger partial charge on any atom is 0.251 e. The van der Waals surface area contributed by atoms with E-state index in [9.17, 15) is 13.2 Å². The summed E-state index contributed by atoms with van der Waals surface area (Å²) in [6.07, 6.45) is 1.53. The highest BCUT2D eigenvalue weighted by molar-refractivity contribution is 7.92. The number of fused-ring (bicyclic) bond motifs is 1. The number of carbonyl (C=O) groups is 1. The number of hydrogen-bond donors (Lipinski definition) is 1. The Morgan fingerprint density at radius 1 is 1.38 bits per heavy atom. The third-order valence-electron chi connectivity index (χ3n) is 3.89. The molecule has 116 valence electrons. The summed E-state index contributed by atoms with van der Waals surface area (Å²) >= 11 is 0. The Morgan fingerprint density at radius 3 is 2.71 bits per heavy atom. The lowest BCUT2D eigenvalue weighted by Crippen LogP contribution is -2.32. The van der Waals surface area contributed by atoms with Crippen LogP contribution in [0.5, 0.6) is 0 Å². The molecule has 1 amide bonds. The van der Waals surface area contributed by atoms with Crippen molar-refractivity contribution in [1.29, 1.82) is 0 Å². The molecule has 21 heavy (non-hydrogen) atoms. The molecular weight excluding hydrogens is 288 g/mol. The molecule has 2 rings (SSSR count). The third-order valence-corrected chi connectivity index (χ3v) is 5.67. The van der Waals surface area contributed by atoms with Crippen LogP contribution in [0.25, 0.3) is 0 Å². The molecule has 1 aromatic rings. The summed E-state index contributed by atoms with van der Waals surface area (Å²) < 4.78 is 25.5. The minimum absolute atomic E-state index is 0.0860. The van der Waals surface area contributed by atoms with Gasteiger partial charge in [0.05, 0.1) is 11.4 Å². The normalized spacial score (nSPS) is 15.7. The fraction of sp³-hybridized carbons (Fsp3) is 0.533. The number of nitrogens with one attached hydrogen (secondary N) is 1. The third kappa shape index (κ3) is 3.20. The average Bonchev–Trinajstić information content (AvgIpc) is 2.90. The zero-order chi connectivity index (χ0) is 15.6. The molecule has 0 unspecified atom stereocenters. The number of sulfonamides is 1. The van der Waals surface area contributed by atoms with Gasteiger partial charge in [0.2, 0.25) is 10.0 Å². The molecular formula is C15H22N2O3S. The van der Waals surface area contributed by atoms with Crippen LogP contribution < -0.4 is 9.62 Å². The number of rotatable bonds is 5. The summed E-state index contributed by atoms with van der Waals surface area (Å²) in [6.45, 7) is 6.07. The highest BCUT2D eigenvalue weighted by Gasteiger charge is 2.28. The van der Waals surface area contributed by atoms with Gasteiger partial charge in [-0.25, -0.2) is 8.42 Å². The van der Waals surface area contributed by atoms with Crippen LogP contribution in [0.1, 0.15) is 43.1 Å². The fourth-order valence-corrected chi connectivity index (χ4v) is 3.53. The molecule has 5 nitrogen and oxygen atoms in total. The first-order chi connectivity index (χ1) is 9.89. The summed E-state index contributed by atoms with van der Waals surface area (Å²) in [6, 6.07) is 5.36. The summed E-state index contributed by atoms with van der Waals surface area (Å²) in [5.41, 5.74) is 2.21. The Bertz CT molecular complexity index is 640. The van der Waals surface area contributed by atoms with Crippen LogP contribution in [0.3, 0.4) is 0 Å². The van der Waals surface area contributed by atoms with Gasteiger partial charge >= 0.3 is 0 Å². The van der Waals surface area contributed by atoms with Crippen molar-refractivity contribution in [3.05, 3.63) is 29.3 Å². The maximum atomic E-state index is 12.1. The lowest BCUT2D eigenvalue weighted by molar-refractivity contribution is 0.0939. The van der Waals surface area contributed by atoms with Crippen molar-refractivity contribution in [2.24, 2.45) is 0 Å². The van der Waals surface area contributed by atoms with E-state index in [2.05, 4.69) is 5.32 Å². The first-order valence-corrected chi connectivity index (χ1v) is 8.94. The second-order valence-corrected chi connectivity index (χ2v) is 7.53. The van der Waals surface area contributed by atoms with Crippen LogP contribution in [0.15, 0.2) is 18.2 Å². The zero-order valence-electron chi connectivity index (χ0n) is 12.7. The van der Waals surface area contributed by atoms with Gasteiger partial charge in [0.1, 0.15) is 0 Å². The molecule has 1 atom stereocenters. The quantitative estimate of drug-likeness (QED) is 0.903. The van der Waals surface area contributed by atoms with Crippen LogP contribution >= 0.6 is 0 Å². The van der Waals surface area contributed by atoms with Gasteiger partial charge in [-0.05, 0) is 50.5 Å². The van der Waals surface area contributed by atoms with E-state index in [0.29, 0.717) is 24.2 Å². The zero-order valence-corrected chi connectivity index (χ0v) is 13.5. The molecule has 0 aromatic heterocycles. The Balaban J connectivity index is 2.25. The topological polar surface area (TPSA) is 66.5 Å².